The molecule has 3 aromatic rings. The lowest BCUT2D eigenvalue weighted by Gasteiger charge is -2.32. The van der Waals surface area contributed by atoms with Gasteiger partial charge in [-0.05, 0) is 19.1 Å². The fourth-order valence-electron chi connectivity index (χ4n) is 3.98. The summed E-state index contributed by atoms with van der Waals surface area (Å²) in [7, 11) is 0. The fraction of sp³-hybridized carbons (Fsp3) is 0.391. The highest BCUT2D eigenvalue weighted by atomic mass is 32.2. The molecular weight excluding hydrogens is 458 g/mol. The third kappa shape index (κ3) is 5.16. The lowest BCUT2D eigenvalue weighted by Crippen LogP contribution is -2.39. The Labute approximate surface area is 200 Å². The van der Waals surface area contributed by atoms with Gasteiger partial charge in [0.25, 0.3) is 0 Å². The Hall–Kier alpha value is -3.15. The van der Waals surface area contributed by atoms with E-state index < -0.39 is 11.4 Å². The van der Waals surface area contributed by atoms with Crippen molar-refractivity contribution in [3.63, 3.8) is 0 Å². The van der Waals surface area contributed by atoms with Crippen molar-refractivity contribution in [2.45, 2.75) is 31.8 Å². The van der Waals surface area contributed by atoms with E-state index >= 15 is 0 Å². The van der Waals surface area contributed by atoms with Gasteiger partial charge in [-0.25, -0.2) is 19.9 Å². The first-order valence-corrected chi connectivity index (χ1v) is 12.1. The van der Waals surface area contributed by atoms with Crippen LogP contribution >= 0.6 is 0 Å². The lowest BCUT2D eigenvalue weighted by atomic mass is 10.00. The lowest BCUT2D eigenvalue weighted by molar-refractivity contribution is 0.158. The summed E-state index contributed by atoms with van der Waals surface area (Å²) in [5.74, 6) is 2.22. The third-order valence-corrected chi connectivity index (χ3v) is 6.50. The smallest absolute Gasteiger partial charge is 0.304 e. The summed E-state index contributed by atoms with van der Waals surface area (Å²) in [6.45, 7) is 4.08. The Morgan fingerprint density at radius 2 is 1.68 bits per heavy atom. The van der Waals surface area contributed by atoms with Crippen molar-refractivity contribution < 1.29 is 22.0 Å². The fourth-order valence-corrected chi connectivity index (χ4v) is 4.60. The number of anilines is 1. The summed E-state index contributed by atoms with van der Waals surface area (Å²) in [6, 6.07) is 9.43. The molecule has 0 radical (unpaired) electrons. The van der Waals surface area contributed by atoms with Gasteiger partial charge in [0.05, 0.1) is 18.8 Å². The van der Waals surface area contributed by atoms with Crippen molar-refractivity contribution in [2.24, 2.45) is 0 Å². The van der Waals surface area contributed by atoms with E-state index in [0.29, 0.717) is 17.5 Å². The van der Waals surface area contributed by atoms with E-state index in [1.165, 1.54) is 6.33 Å². The van der Waals surface area contributed by atoms with E-state index in [0.717, 1.165) is 43.0 Å². The average Bonchev–Trinajstić information content (AvgIpc) is 2.88. The number of benzene rings is 1. The van der Waals surface area contributed by atoms with Crippen LogP contribution in [0.1, 0.15) is 29.9 Å². The van der Waals surface area contributed by atoms with Gasteiger partial charge in [0, 0.05) is 49.8 Å². The molecular formula is C23H25N5O5S. The molecule has 10 nitrogen and oxygen atoms in total. The second-order valence-electron chi connectivity index (χ2n) is 8.07. The summed E-state index contributed by atoms with van der Waals surface area (Å²) >= 11 is -1.69. The van der Waals surface area contributed by atoms with Crippen molar-refractivity contribution in [1.82, 2.24) is 19.9 Å². The molecule has 2 aromatic heterocycles. The Kier molecular flexibility index (Phi) is 6.93. The molecule has 5 rings (SSSR count). The highest BCUT2D eigenvalue weighted by Crippen LogP contribution is 2.35. The molecule has 178 valence electrons. The molecule has 0 aliphatic carbocycles. The SMILES string of the molecule is Cc1c(Oc2ccccc2C2COS(=O)OC2)ncnc1OC1CCN(c2ncccn2)CC1. The minimum Gasteiger partial charge on any atom is -0.474 e. The van der Waals surface area contributed by atoms with Gasteiger partial charge in [-0.15, -0.1) is 0 Å². The van der Waals surface area contributed by atoms with Gasteiger partial charge in [-0.3, -0.25) is 8.37 Å². The number of ether oxygens (including phenoxy) is 2. The molecule has 0 amide bonds. The van der Waals surface area contributed by atoms with E-state index in [2.05, 4.69) is 24.8 Å². The normalized spacial score (nSPS) is 21.3. The molecule has 0 N–H and O–H groups in total. The van der Waals surface area contributed by atoms with Crippen LogP contribution < -0.4 is 14.4 Å². The maximum atomic E-state index is 11.3. The second kappa shape index (κ2) is 10.4. The number of aromatic nitrogens is 4. The van der Waals surface area contributed by atoms with Crippen molar-refractivity contribution in [1.29, 1.82) is 0 Å². The zero-order valence-electron chi connectivity index (χ0n) is 18.7. The molecule has 1 aromatic carbocycles. The Morgan fingerprint density at radius 3 is 2.44 bits per heavy atom. The summed E-state index contributed by atoms with van der Waals surface area (Å²) in [4.78, 5) is 19.5. The van der Waals surface area contributed by atoms with E-state index in [4.69, 9.17) is 17.8 Å². The van der Waals surface area contributed by atoms with E-state index in [-0.39, 0.29) is 25.2 Å². The Morgan fingerprint density at radius 1 is 0.971 bits per heavy atom. The first kappa shape index (κ1) is 22.6. The second-order valence-corrected chi connectivity index (χ2v) is 8.95. The number of piperidine rings is 1. The van der Waals surface area contributed by atoms with E-state index in [1.54, 1.807) is 12.4 Å². The monoisotopic (exact) mass is 483 g/mol. The van der Waals surface area contributed by atoms with E-state index in [9.17, 15) is 4.21 Å². The quantitative estimate of drug-likeness (QED) is 0.519. The van der Waals surface area contributed by atoms with E-state index in [1.807, 2.05) is 37.3 Å². The topological polar surface area (TPSA) is 109 Å². The van der Waals surface area contributed by atoms with Gasteiger partial charge in [0.1, 0.15) is 18.2 Å². The van der Waals surface area contributed by atoms with Crippen LogP contribution in [0, 0.1) is 6.92 Å². The van der Waals surface area contributed by atoms with Gasteiger partial charge < -0.3 is 14.4 Å². The number of hydrogen-bond acceptors (Lipinski definition) is 10. The molecule has 2 saturated heterocycles. The van der Waals surface area contributed by atoms with Crippen LogP contribution in [0.4, 0.5) is 5.95 Å². The predicted octanol–water partition coefficient (Wildman–Crippen LogP) is 3.12. The number of para-hydroxylation sites is 1. The average molecular weight is 484 g/mol. The van der Waals surface area contributed by atoms with Crippen LogP contribution in [0.15, 0.2) is 49.1 Å². The first-order valence-electron chi connectivity index (χ1n) is 11.1. The molecule has 0 spiro atoms. The molecule has 0 bridgehead atoms. The van der Waals surface area contributed by atoms with Crippen molar-refractivity contribution >= 4 is 17.3 Å². The molecule has 34 heavy (non-hydrogen) atoms. The van der Waals surface area contributed by atoms with Crippen molar-refractivity contribution in [3.05, 3.63) is 60.2 Å². The maximum Gasteiger partial charge on any atom is 0.304 e. The molecule has 0 atom stereocenters. The predicted molar refractivity (Wildman–Crippen MR) is 124 cm³/mol. The molecule has 4 heterocycles. The number of hydrogen-bond donors (Lipinski definition) is 0. The van der Waals surface area contributed by atoms with Crippen LogP contribution in [-0.2, 0) is 19.7 Å². The Bertz CT molecular complexity index is 1130. The van der Waals surface area contributed by atoms with Gasteiger partial charge in [-0.2, -0.15) is 4.21 Å². The molecule has 11 heteroatoms. The highest BCUT2D eigenvalue weighted by Gasteiger charge is 2.26. The van der Waals surface area contributed by atoms with Crippen LogP contribution in [0.25, 0.3) is 0 Å². The number of rotatable bonds is 6. The van der Waals surface area contributed by atoms with Gasteiger partial charge in [0.15, 0.2) is 0 Å². The number of nitrogens with zero attached hydrogens (tertiary/aromatic N) is 5. The zero-order chi connectivity index (χ0) is 23.3. The minimum absolute atomic E-state index is 0.0334. The molecule has 2 fully saturated rings. The summed E-state index contributed by atoms with van der Waals surface area (Å²) in [6.07, 6.45) is 6.66. The minimum atomic E-state index is -1.69. The van der Waals surface area contributed by atoms with Crippen LogP contribution in [0.5, 0.6) is 17.5 Å². The van der Waals surface area contributed by atoms with Gasteiger partial charge >= 0.3 is 11.4 Å². The summed E-state index contributed by atoms with van der Waals surface area (Å²) in [5, 5.41) is 0. The summed E-state index contributed by atoms with van der Waals surface area (Å²) < 4.78 is 34.1. The molecule has 0 unspecified atom stereocenters. The molecule has 0 saturated carbocycles. The summed E-state index contributed by atoms with van der Waals surface area (Å²) in [5.41, 5.74) is 1.62. The Balaban J connectivity index is 1.26. The molecule has 2 aliphatic rings. The molecule has 2 aliphatic heterocycles. The van der Waals surface area contributed by atoms with Crippen molar-refractivity contribution in [3.8, 4) is 17.5 Å². The largest absolute Gasteiger partial charge is 0.474 e. The third-order valence-electron chi connectivity index (χ3n) is 5.84. The van der Waals surface area contributed by atoms with Crippen LogP contribution in [0.2, 0.25) is 0 Å². The van der Waals surface area contributed by atoms with Gasteiger partial charge in [0.2, 0.25) is 17.7 Å². The maximum absolute atomic E-state index is 11.3. The highest BCUT2D eigenvalue weighted by molar-refractivity contribution is 7.75. The van der Waals surface area contributed by atoms with Gasteiger partial charge in [-0.1, -0.05) is 18.2 Å². The zero-order valence-corrected chi connectivity index (χ0v) is 19.5. The van der Waals surface area contributed by atoms with Crippen LogP contribution in [-0.4, -0.2) is 56.6 Å². The van der Waals surface area contributed by atoms with Crippen molar-refractivity contribution in [2.75, 3.05) is 31.2 Å². The standard InChI is InChI=1S/C23H25N5O5S/c1-16-21(32-18-7-11-28(12-8-18)23-24-9-4-10-25-23)26-15-27-22(16)33-20-6-3-2-5-19(20)17-13-30-34(29)31-14-17/h2-6,9-10,15,17-18H,7-8,11-14H2,1H3. The first-order chi connectivity index (χ1) is 16.7. The van der Waals surface area contributed by atoms with Crippen LogP contribution in [0.3, 0.4) is 0 Å².